The molecule has 1 heterocycles. The second-order valence-electron chi connectivity index (χ2n) is 5.85. The van der Waals surface area contributed by atoms with Gasteiger partial charge in [-0.15, -0.1) is 0 Å². The number of aliphatic hydroxyl groups is 1. The van der Waals surface area contributed by atoms with E-state index in [1.165, 1.54) is 38.1 Å². The maximum atomic E-state index is 12.6. The van der Waals surface area contributed by atoms with Crippen LogP contribution in [0.4, 0.5) is 5.69 Å². The third-order valence-corrected chi connectivity index (χ3v) is 4.47. The van der Waals surface area contributed by atoms with Crippen molar-refractivity contribution >= 4 is 24.0 Å². The quantitative estimate of drug-likeness (QED) is 0.240. The van der Waals surface area contributed by atoms with Crippen molar-refractivity contribution in [1.82, 2.24) is 4.90 Å². The highest BCUT2D eigenvalue weighted by atomic mass is 16.6. The van der Waals surface area contributed by atoms with Crippen molar-refractivity contribution in [2.45, 2.75) is 38.0 Å². The smallest absolute Gasteiger partial charge is 0.344 e. The highest BCUT2D eigenvalue weighted by Crippen LogP contribution is 2.45. The molecule has 1 saturated heterocycles. The summed E-state index contributed by atoms with van der Waals surface area (Å²) in [7, 11) is 0. The number of para-hydroxylation sites is 1. The van der Waals surface area contributed by atoms with Crippen molar-refractivity contribution < 1.29 is 33.9 Å². The molecule has 0 radical (unpaired) electrons. The summed E-state index contributed by atoms with van der Waals surface area (Å²) in [6.45, 7) is 2.90. The SMILES string of the molecule is CCOC(=O)C1(C(=O)OCC)CC(c2ccccc2[N+](=O)[O-])C(O)N1C=O. The van der Waals surface area contributed by atoms with Crippen molar-refractivity contribution in [3.8, 4) is 0 Å². The molecule has 146 valence electrons. The Kier molecular flexibility index (Phi) is 6.11. The summed E-state index contributed by atoms with van der Waals surface area (Å²) in [5.41, 5.74) is -2.42. The van der Waals surface area contributed by atoms with E-state index in [1.807, 2.05) is 0 Å². The number of likely N-dealkylation sites (tertiary alicyclic amines) is 1. The van der Waals surface area contributed by atoms with E-state index in [4.69, 9.17) is 9.47 Å². The molecule has 0 bridgehead atoms. The molecule has 1 aromatic carbocycles. The molecular formula is C17H20N2O8. The second-order valence-corrected chi connectivity index (χ2v) is 5.85. The van der Waals surface area contributed by atoms with Gasteiger partial charge in [0, 0.05) is 24.0 Å². The van der Waals surface area contributed by atoms with E-state index in [-0.39, 0.29) is 30.9 Å². The maximum absolute atomic E-state index is 12.6. The molecule has 1 N–H and O–H groups in total. The number of aliphatic hydroxyl groups excluding tert-OH is 1. The lowest BCUT2D eigenvalue weighted by atomic mass is 9.87. The van der Waals surface area contributed by atoms with Crippen molar-refractivity contribution in [2.24, 2.45) is 0 Å². The Labute approximate surface area is 154 Å². The van der Waals surface area contributed by atoms with E-state index in [0.717, 1.165) is 0 Å². The van der Waals surface area contributed by atoms with Gasteiger partial charge >= 0.3 is 11.9 Å². The lowest BCUT2D eigenvalue weighted by molar-refractivity contribution is -0.385. The zero-order valence-corrected chi connectivity index (χ0v) is 14.9. The largest absolute Gasteiger partial charge is 0.464 e. The summed E-state index contributed by atoms with van der Waals surface area (Å²) in [6, 6.07) is 5.61. The van der Waals surface area contributed by atoms with Crippen molar-refractivity contribution in [2.75, 3.05) is 13.2 Å². The normalized spacial score (nSPS) is 20.8. The molecule has 2 atom stereocenters. The average Bonchev–Trinajstić information content (AvgIpc) is 2.95. The molecule has 1 aliphatic rings. The van der Waals surface area contributed by atoms with Gasteiger partial charge in [-0.05, 0) is 13.8 Å². The van der Waals surface area contributed by atoms with Crippen LogP contribution >= 0.6 is 0 Å². The number of hydrogen-bond acceptors (Lipinski definition) is 8. The summed E-state index contributed by atoms with van der Waals surface area (Å²) in [5, 5.41) is 22.0. The lowest BCUT2D eigenvalue weighted by Crippen LogP contribution is -2.59. The first kappa shape index (κ1) is 20.3. The molecule has 0 saturated carbocycles. The molecule has 10 nitrogen and oxygen atoms in total. The zero-order valence-electron chi connectivity index (χ0n) is 14.9. The Balaban J connectivity index is 2.60. The molecule has 2 rings (SSSR count). The number of nitrogens with zero attached hydrogens (tertiary/aromatic N) is 2. The molecule has 0 aromatic heterocycles. The summed E-state index contributed by atoms with van der Waals surface area (Å²) in [6.07, 6.45) is -1.92. The van der Waals surface area contributed by atoms with Gasteiger partial charge in [-0.2, -0.15) is 0 Å². The summed E-state index contributed by atoms with van der Waals surface area (Å²) >= 11 is 0. The molecule has 1 aliphatic heterocycles. The number of nitro benzene ring substituents is 1. The zero-order chi connectivity index (χ0) is 20.2. The minimum atomic E-state index is -2.22. The van der Waals surface area contributed by atoms with Crippen molar-refractivity contribution in [3.63, 3.8) is 0 Å². The summed E-state index contributed by atoms with van der Waals surface area (Å²) in [4.78, 5) is 48.2. The van der Waals surface area contributed by atoms with Crippen LogP contribution < -0.4 is 0 Å². The van der Waals surface area contributed by atoms with Gasteiger partial charge in [0.05, 0.1) is 18.1 Å². The summed E-state index contributed by atoms with van der Waals surface area (Å²) in [5.74, 6) is -3.18. The van der Waals surface area contributed by atoms with Gasteiger partial charge in [-0.25, -0.2) is 9.59 Å². The fourth-order valence-corrected chi connectivity index (χ4v) is 3.30. The van der Waals surface area contributed by atoms with Crippen LogP contribution in [0.1, 0.15) is 31.7 Å². The van der Waals surface area contributed by atoms with Gasteiger partial charge in [0.25, 0.3) is 5.69 Å². The van der Waals surface area contributed by atoms with Gasteiger partial charge in [-0.1, -0.05) is 18.2 Å². The maximum Gasteiger partial charge on any atom is 0.344 e. The molecule has 2 unspecified atom stereocenters. The minimum Gasteiger partial charge on any atom is -0.464 e. The van der Waals surface area contributed by atoms with Crippen LogP contribution in [0.5, 0.6) is 0 Å². The Morgan fingerprint density at radius 3 is 2.33 bits per heavy atom. The lowest BCUT2D eigenvalue weighted by Gasteiger charge is -2.32. The van der Waals surface area contributed by atoms with Crippen LogP contribution in [0.25, 0.3) is 0 Å². The second kappa shape index (κ2) is 8.12. The van der Waals surface area contributed by atoms with E-state index in [9.17, 15) is 29.6 Å². The molecule has 1 fully saturated rings. The number of nitro groups is 1. The van der Waals surface area contributed by atoms with Crippen molar-refractivity contribution in [3.05, 3.63) is 39.9 Å². The van der Waals surface area contributed by atoms with Crippen LogP contribution in [0.15, 0.2) is 24.3 Å². The average molecular weight is 380 g/mol. The Morgan fingerprint density at radius 1 is 1.30 bits per heavy atom. The fourth-order valence-electron chi connectivity index (χ4n) is 3.30. The number of benzene rings is 1. The predicted octanol–water partition coefficient (Wildman–Crippen LogP) is 0.724. The van der Waals surface area contributed by atoms with E-state index in [1.54, 1.807) is 0 Å². The Bertz CT molecular complexity index is 732. The number of amides is 1. The van der Waals surface area contributed by atoms with E-state index >= 15 is 0 Å². The monoisotopic (exact) mass is 380 g/mol. The van der Waals surface area contributed by atoms with Crippen LogP contribution in [0, 0.1) is 10.1 Å². The third kappa shape index (κ3) is 3.35. The molecular weight excluding hydrogens is 360 g/mol. The molecule has 0 spiro atoms. The van der Waals surface area contributed by atoms with E-state index in [2.05, 4.69) is 0 Å². The predicted molar refractivity (Wildman–Crippen MR) is 90.4 cm³/mol. The van der Waals surface area contributed by atoms with E-state index < -0.39 is 41.0 Å². The van der Waals surface area contributed by atoms with Gasteiger partial charge in [0.1, 0.15) is 6.23 Å². The van der Waals surface area contributed by atoms with Gasteiger partial charge in [0.2, 0.25) is 11.9 Å². The van der Waals surface area contributed by atoms with Crippen LogP contribution in [-0.2, 0) is 23.9 Å². The number of esters is 2. The molecule has 1 amide bonds. The first-order valence-electron chi connectivity index (χ1n) is 8.34. The molecule has 27 heavy (non-hydrogen) atoms. The fraction of sp³-hybridized carbons (Fsp3) is 0.471. The van der Waals surface area contributed by atoms with Crippen LogP contribution in [0.2, 0.25) is 0 Å². The number of ether oxygens (including phenoxy) is 2. The molecule has 0 aliphatic carbocycles. The number of carbonyl (C=O) groups is 3. The minimum absolute atomic E-state index is 0.0705. The first-order chi connectivity index (χ1) is 12.8. The van der Waals surface area contributed by atoms with Gasteiger partial charge in [-0.3, -0.25) is 19.8 Å². The number of hydrogen-bond donors (Lipinski definition) is 1. The Hall–Kier alpha value is -3.01. The first-order valence-corrected chi connectivity index (χ1v) is 8.34. The van der Waals surface area contributed by atoms with Gasteiger partial charge in [0.15, 0.2) is 0 Å². The number of rotatable bonds is 7. The highest BCUT2D eigenvalue weighted by molar-refractivity contribution is 6.07. The van der Waals surface area contributed by atoms with Gasteiger partial charge < -0.3 is 14.6 Å². The van der Waals surface area contributed by atoms with Crippen LogP contribution in [0.3, 0.4) is 0 Å². The third-order valence-electron chi connectivity index (χ3n) is 4.47. The molecule has 1 aromatic rings. The topological polar surface area (TPSA) is 136 Å². The van der Waals surface area contributed by atoms with E-state index in [0.29, 0.717) is 4.90 Å². The highest BCUT2D eigenvalue weighted by Gasteiger charge is 2.63. The number of carbonyl (C=O) groups excluding carboxylic acids is 3. The van der Waals surface area contributed by atoms with Crippen LogP contribution in [-0.4, -0.2) is 58.3 Å². The van der Waals surface area contributed by atoms with Crippen molar-refractivity contribution in [1.29, 1.82) is 0 Å². The Morgan fingerprint density at radius 2 is 1.85 bits per heavy atom. The summed E-state index contributed by atoms with van der Waals surface area (Å²) < 4.78 is 9.91. The standard InChI is InChI=1S/C17H20N2O8/c1-3-26-15(22)17(16(23)27-4-2)9-12(14(21)18(17)10-20)11-7-5-6-8-13(11)19(24)25/h5-8,10,12,14,21H,3-4,9H2,1-2H3. The molecule has 10 heteroatoms.